The van der Waals surface area contributed by atoms with E-state index in [-0.39, 0.29) is 17.9 Å². The Morgan fingerprint density at radius 1 is 0.905 bits per heavy atom. The normalized spacial score (nSPS) is 14.3. The second kappa shape index (κ2) is 12.3. The molecule has 2 atom stereocenters. The molecule has 0 heterocycles. The van der Waals surface area contributed by atoms with Gasteiger partial charge in [0.05, 0.1) is 11.1 Å². The number of nitrogens with zero attached hydrogens (tertiary/aromatic N) is 1. The molecule has 2 aromatic carbocycles. The quantitative estimate of drug-likeness (QED) is 0.348. The summed E-state index contributed by atoms with van der Waals surface area (Å²) in [5.41, 5.74) is -9.86. The number of benzene rings is 2. The molecule has 2 aromatic rings. The number of anilines is 1. The smallest absolute Gasteiger partial charge is 0.349 e. The molecular formula is C24H20F11N3O3S. The van der Waals surface area contributed by atoms with Crippen molar-refractivity contribution in [1.29, 1.82) is 0 Å². The molecule has 0 saturated heterocycles. The lowest BCUT2D eigenvalue weighted by Gasteiger charge is -2.30. The van der Waals surface area contributed by atoms with Crippen LogP contribution in [0.5, 0.6) is 0 Å². The van der Waals surface area contributed by atoms with Crippen LogP contribution in [0.25, 0.3) is 0 Å². The highest BCUT2D eigenvalue weighted by molar-refractivity contribution is 7.86. The Hall–Kier alpha value is -3.57. The third-order valence-corrected chi connectivity index (χ3v) is 6.95. The van der Waals surface area contributed by atoms with Crippen LogP contribution in [0, 0.1) is 12.7 Å². The van der Waals surface area contributed by atoms with E-state index in [1.807, 2.05) is 0 Å². The zero-order valence-electron chi connectivity index (χ0n) is 21.5. The molecule has 1 unspecified atom stereocenters. The number of alkyl halides is 10. The van der Waals surface area contributed by atoms with Crippen LogP contribution in [0.4, 0.5) is 54.0 Å². The van der Waals surface area contributed by atoms with Crippen LogP contribution in [0.15, 0.2) is 40.8 Å². The molecule has 3 amide bonds. The van der Waals surface area contributed by atoms with Crippen LogP contribution >= 0.6 is 0 Å². The van der Waals surface area contributed by atoms with E-state index in [0.29, 0.717) is 6.07 Å². The first-order valence-corrected chi connectivity index (χ1v) is 13.1. The Labute approximate surface area is 232 Å². The fourth-order valence-corrected chi connectivity index (χ4v) is 4.84. The van der Waals surface area contributed by atoms with E-state index in [0.717, 1.165) is 25.1 Å². The molecule has 2 rings (SSSR count). The maximum Gasteiger partial charge on any atom is 0.474 e. The van der Waals surface area contributed by atoms with Crippen molar-refractivity contribution in [2.45, 2.75) is 44.1 Å². The summed E-state index contributed by atoms with van der Waals surface area (Å²) in [6, 6.07) is 2.70. The van der Waals surface area contributed by atoms with Crippen molar-refractivity contribution in [1.82, 2.24) is 5.32 Å². The first-order valence-electron chi connectivity index (χ1n) is 11.3. The molecule has 0 spiro atoms. The molecule has 0 bridgehead atoms. The fourth-order valence-electron chi connectivity index (χ4n) is 3.57. The molecule has 42 heavy (non-hydrogen) atoms. The highest BCUT2D eigenvalue weighted by Crippen LogP contribution is 2.53. The molecule has 232 valence electrons. The minimum atomic E-state index is -6.37. The summed E-state index contributed by atoms with van der Waals surface area (Å²) in [7, 11) is -1.52. The molecule has 18 heteroatoms. The number of carbonyl (C=O) groups is 3. The van der Waals surface area contributed by atoms with Gasteiger partial charge in [0.15, 0.2) is 0 Å². The van der Waals surface area contributed by atoms with Gasteiger partial charge in [0.25, 0.3) is 11.8 Å². The number of rotatable bonds is 7. The Balaban J connectivity index is 2.32. The standard InChI is InChI=1S/C24H20F11N3O3S/c1-11-9-13(21(26,23(30,31)32)24(33,34)35)7-8-16(11)37-18(39)14-5-4-6-15(25)17(14)19(40)36-12(2)10-42(3)38-20(41)22(27,28)29/h4-9,12H,10H2,1-3H3,(H,36,40)(H,37,39)/t12-,42?/m0/s1. The average Bonchev–Trinajstić information content (AvgIpc) is 2.82. The van der Waals surface area contributed by atoms with E-state index in [1.165, 1.54) is 13.2 Å². The third kappa shape index (κ3) is 7.63. The minimum Gasteiger partial charge on any atom is -0.349 e. The summed E-state index contributed by atoms with van der Waals surface area (Å²) in [6.07, 6.45) is -16.8. The molecule has 0 aliphatic carbocycles. The summed E-state index contributed by atoms with van der Waals surface area (Å²) in [4.78, 5) is 36.6. The Morgan fingerprint density at radius 2 is 1.48 bits per heavy atom. The molecular weight excluding hydrogens is 619 g/mol. The lowest BCUT2D eigenvalue weighted by molar-refractivity contribution is -0.348. The predicted octanol–water partition coefficient (Wildman–Crippen LogP) is 6.31. The van der Waals surface area contributed by atoms with E-state index >= 15 is 0 Å². The Bertz CT molecular complexity index is 1390. The number of nitrogens with one attached hydrogen (secondary N) is 2. The Morgan fingerprint density at radius 3 is 1.98 bits per heavy atom. The minimum absolute atomic E-state index is 0.154. The van der Waals surface area contributed by atoms with Gasteiger partial charge >= 0.3 is 30.1 Å². The van der Waals surface area contributed by atoms with Gasteiger partial charge in [-0.25, -0.2) is 8.78 Å². The summed E-state index contributed by atoms with van der Waals surface area (Å²) in [6.45, 7) is 2.26. The monoisotopic (exact) mass is 639 g/mol. The second-order valence-electron chi connectivity index (χ2n) is 8.84. The molecule has 0 aromatic heterocycles. The predicted molar refractivity (Wildman–Crippen MR) is 129 cm³/mol. The van der Waals surface area contributed by atoms with Gasteiger partial charge in [0.1, 0.15) is 5.82 Å². The maximum absolute atomic E-state index is 14.6. The number of halogens is 11. The highest BCUT2D eigenvalue weighted by atomic mass is 32.2. The van der Waals surface area contributed by atoms with Gasteiger partial charge in [-0.2, -0.15) is 43.9 Å². The van der Waals surface area contributed by atoms with Gasteiger partial charge in [-0.15, -0.1) is 0 Å². The maximum atomic E-state index is 14.6. The van der Waals surface area contributed by atoms with Gasteiger partial charge < -0.3 is 10.6 Å². The van der Waals surface area contributed by atoms with Gasteiger partial charge in [-0.3, -0.25) is 14.4 Å². The van der Waals surface area contributed by atoms with Gasteiger partial charge in [0, 0.05) is 23.0 Å². The number of aryl methyl sites for hydroxylation is 1. The number of hydrogen-bond acceptors (Lipinski definition) is 3. The van der Waals surface area contributed by atoms with Crippen molar-refractivity contribution < 1.29 is 62.7 Å². The zero-order valence-corrected chi connectivity index (χ0v) is 22.3. The SMILES string of the molecule is Cc1cc(C(F)(C(F)(F)F)C(F)(F)F)ccc1NC(=O)c1cccc(F)c1C(=O)N[C@@H](C)CS(C)=NC(=O)C(F)(F)F. The van der Waals surface area contributed by atoms with Crippen LogP contribution in [-0.2, 0) is 21.2 Å². The van der Waals surface area contributed by atoms with E-state index in [4.69, 9.17) is 0 Å². The van der Waals surface area contributed by atoms with Crippen LogP contribution in [0.2, 0.25) is 0 Å². The van der Waals surface area contributed by atoms with E-state index < -0.39 is 92.4 Å². The number of amides is 3. The highest BCUT2D eigenvalue weighted by Gasteiger charge is 2.73. The molecule has 0 saturated carbocycles. The molecule has 0 aliphatic rings. The van der Waals surface area contributed by atoms with Crippen molar-refractivity contribution in [2.24, 2.45) is 4.36 Å². The molecule has 0 aliphatic heterocycles. The van der Waals surface area contributed by atoms with Gasteiger partial charge in [-0.1, -0.05) is 28.9 Å². The van der Waals surface area contributed by atoms with Crippen LogP contribution in [-0.4, -0.2) is 54.3 Å². The van der Waals surface area contributed by atoms with Crippen molar-refractivity contribution in [2.75, 3.05) is 17.3 Å². The lowest BCUT2D eigenvalue weighted by Crippen LogP contribution is -2.50. The van der Waals surface area contributed by atoms with E-state index in [9.17, 15) is 62.7 Å². The van der Waals surface area contributed by atoms with Crippen molar-refractivity contribution in [3.63, 3.8) is 0 Å². The zero-order chi connectivity index (χ0) is 32.4. The van der Waals surface area contributed by atoms with Crippen LogP contribution in [0.3, 0.4) is 0 Å². The first kappa shape index (κ1) is 34.6. The number of carbonyl (C=O) groups excluding carboxylic acids is 3. The molecule has 6 nitrogen and oxygen atoms in total. The molecule has 2 N–H and O–H groups in total. The van der Waals surface area contributed by atoms with Crippen molar-refractivity contribution in [3.05, 3.63) is 64.5 Å². The summed E-state index contributed by atoms with van der Waals surface area (Å²) in [5, 5.41) is 4.34. The Kier molecular flexibility index (Phi) is 10.2. The van der Waals surface area contributed by atoms with Crippen molar-refractivity contribution >= 4 is 34.1 Å². The van der Waals surface area contributed by atoms with E-state index in [1.54, 1.807) is 0 Å². The third-order valence-electron chi connectivity index (χ3n) is 5.49. The fraction of sp³-hybridized carbons (Fsp3) is 0.375. The summed E-state index contributed by atoms with van der Waals surface area (Å²) < 4.78 is 148. The van der Waals surface area contributed by atoms with Crippen molar-refractivity contribution in [3.8, 4) is 0 Å². The van der Waals surface area contributed by atoms with Crippen LogP contribution in [0.1, 0.15) is 38.8 Å². The summed E-state index contributed by atoms with van der Waals surface area (Å²) >= 11 is 0. The first-order chi connectivity index (χ1) is 19.0. The summed E-state index contributed by atoms with van der Waals surface area (Å²) in [5.74, 6) is -6.29. The van der Waals surface area contributed by atoms with Gasteiger partial charge in [-0.05, 0) is 43.9 Å². The topological polar surface area (TPSA) is 87.6 Å². The van der Waals surface area contributed by atoms with Gasteiger partial charge in [0.2, 0.25) is 0 Å². The average molecular weight is 639 g/mol. The largest absolute Gasteiger partial charge is 0.474 e. The van der Waals surface area contributed by atoms with Crippen LogP contribution < -0.4 is 10.6 Å². The number of hydrogen-bond donors (Lipinski definition) is 2. The second-order valence-corrected chi connectivity index (χ2v) is 10.6. The molecule has 0 fully saturated rings. The molecule has 0 radical (unpaired) electrons. The lowest BCUT2D eigenvalue weighted by atomic mass is 9.92. The van der Waals surface area contributed by atoms with E-state index in [2.05, 4.69) is 15.0 Å².